The summed E-state index contributed by atoms with van der Waals surface area (Å²) in [6.07, 6.45) is 0.310. The summed E-state index contributed by atoms with van der Waals surface area (Å²) in [5.41, 5.74) is 1.90. The maximum atomic E-state index is 10.5. The molecule has 0 aromatic heterocycles. The van der Waals surface area contributed by atoms with E-state index in [9.17, 15) is 5.11 Å². The lowest BCUT2D eigenvalue weighted by Crippen LogP contribution is -2.44. The monoisotopic (exact) mass is 540 g/mol. The highest BCUT2D eigenvalue weighted by molar-refractivity contribution is 14.0. The van der Waals surface area contributed by atoms with Gasteiger partial charge in [-0.1, -0.05) is 24.3 Å². The second kappa shape index (κ2) is 12.6. The maximum Gasteiger partial charge on any atom is 0.191 e. The molecule has 1 saturated heterocycles. The van der Waals surface area contributed by atoms with E-state index in [-0.39, 0.29) is 36.6 Å². The zero-order valence-electron chi connectivity index (χ0n) is 18.4. The molecule has 3 N–H and O–H groups in total. The molecular formula is C23H33IN4O3. The van der Waals surface area contributed by atoms with Crippen LogP contribution in [0.5, 0.6) is 11.5 Å². The molecule has 0 bridgehead atoms. The van der Waals surface area contributed by atoms with E-state index in [0.717, 1.165) is 48.8 Å². The molecule has 0 aliphatic carbocycles. The van der Waals surface area contributed by atoms with E-state index in [1.165, 1.54) is 0 Å². The number of methoxy groups -OCH3 is 2. The molecule has 0 spiro atoms. The van der Waals surface area contributed by atoms with Crippen LogP contribution >= 0.6 is 24.0 Å². The van der Waals surface area contributed by atoms with Gasteiger partial charge < -0.3 is 30.1 Å². The number of anilines is 1. The number of rotatable bonds is 8. The quantitative estimate of drug-likeness (QED) is 0.271. The summed E-state index contributed by atoms with van der Waals surface area (Å²) in [5.74, 6) is 2.33. The van der Waals surface area contributed by atoms with Crippen LogP contribution < -0.4 is 25.0 Å². The molecule has 1 aliphatic rings. The molecule has 2 aromatic carbocycles. The Kier molecular flexibility index (Phi) is 10.2. The fourth-order valence-corrected chi connectivity index (χ4v) is 3.63. The lowest BCUT2D eigenvalue weighted by atomic mass is 10.1. The van der Waals surface area contributed by atoms with Gasteiger partial charge in [0.05, 0.1) is 32.6 Å². The van der Waals surface area contributed by atoms with Crippen LogP contribution in [0.25, 0.3) is 0 Å². The zero-order valence-corrected chi connectivity index (χ0v) is 20.7. The topological polar surface area (TPSA) is 78.4 Å². The van der Waals surface area contributed by atoms with Crippen molar-refractivity contribution in [3.63, 3.8) is 0 Å². The number of nitrogens with one attached hydrogen (secondary N) is 2. The Morgan fingerprint density at radius 3 is 2.74 bits per heavy atom. The van der Waals surface area contributed by atoms with Gasteiger partial charge in [0, 0.05) is 25.7 Å². The second-order valence-corrected chi connectivity index (χ2v) is 7.26. The SMILES string of the molecule is CCNC(=NCC(O)c1cccc(OC)c1)NC1CCN(c2ccccc2OC)C1.I. The molecule has 7 nitrogen and oxygen atoms in total. The van der Waals surface area contributed by atoms with Crippen molar-refractivity contribution in [3.05, 3.63) is 54.1 Å². The summed E-state index contributed by atoms with van der Waals surface area (Å²) < 4.78 is 10.7. The van der Waals surface area contributed by atoms with E-state index >= 15 is 0 Å². The summed E-state index contributed by atoms with van der Waals surface area (Å²) in [6.45, 7) is 4.87. The van der Waals surface area contributed by atoms with Gasteiger partial charge in [-0.15, -0.1) is 24.0 Å². The number of nitrogens with zero attached hydrogens (tertiary/aromatic N) is 2. The van der Waals surface area contributed by atoms with Crippen molar-refractivity contribution < 1.29 is 14.6 Å². The number of halogens is 1. The molecule has 0 radical (unpaired) electrons. The van der Waals surface area contributed by atoms with E-state index < -0.39 is 6.10 Å². The summed E-state index contributed by atoms with van der Waals surface area (Å²) in [6, 6.07) is 15.8. The van der Waals surface area contributed by atoms with Crippen LogP contribution in [-0.2, 0) is 0 Å². The van der Waals surface area contributed by atoms with Crippen LogP contribution in [0.3, 0.4) is 0 Å². The molecule has 2 unspecified atom stereocenters. The van der Waals surface area contributed by atoms with Crippen LogP contribution in [0.2, 0.25) is 0 Å². The maximum absolute atomic E-state index is 10.5. The third kappa shape index (κ3) is 6.90. The minimum absolute atomic E-state index is 0. The van der Waals surface area contributed by atoms with Gasteiger partial charge in [0.2, 0.25) is 0 Å². The Morgan fingerprint density at radius 2 is 2.00 bits per heavy atom. The molecule has 2 atom stereocenters. The molecule has 1 fully saturated rings. The summed E-state index contributed by atoms with van der Waals surface area (Å²) in [5, 5.41) is 17.3. The van der Waals surface area contributed by atoms with E-state index in [1.54, 1.807) is 14.2 Å². The van der Waals surface area contributed by atoms with Gasteiger partial charge >= 0.3 is 0 Å². The normalized spacial score (nSPS) is 17.0. The number of benzene rings is 2. The number of ether oxygens (including phenoxy) is 2. The predicted octanol–water partition coefficient (Wildman–Crippen LogP) is 3.19. The molecule has 3 rings (SSSR count). The van der Waals surface area contributed by atoms with Gasteiger partial charge in [-0.3, -0.25) is 4.99 Å². The molecule has 1 aliphatic heterocycles. The number of guanidine groups is 1. The Hall–Kier alpha value is -2.20. The highest BCUT2D eigenvalue weighted by atomic mass is 127. The zero-order chi connectivity index (χ0) is 21.3. The summed E-state index contributed by atoms with van der Waals surface area (Å²) in [7, 11) is 3.32. The Bertz CT molecular complexity index is 849. The molecule has 0 saturated carbocycles. The largest absolute Gasteiger partial charge is 0.497 e. The highest BCUT2D eigenvalue weighted by Gasteiger charge is 2.25. The minimum atomic E-state index is -0.691. The first-order chi connectivity index (χ1) is 14.6. The van der Waals surface area contributed by atoms with Gasteiger partial charge in [0.15, 0.2) is 5.96 Å². The third-order valence-corrected chi connectivity index (χ3v) is 5.20. The number of aliphatic imine (C=N–C) groups is 1. The minimum Gasteiger partial charge on any atom is -0.497 e. The second-order valence-electron chi connectivity index (χ2n) is 7.26. The first-order valence-corrected chi connectivity index (χ1v) is 10.4. The molecule has 31 heavy (non-hydrogen) atoms. The van der Waals surface area contributed by atoms with Crippen LogP contribution in [0.4, 0.5) is 5.69 Å². The lowest BCUT2D eigenvalue weighted by molar-refractivity contribution is 0.186. The average molecular weight is 540 g/mol. The van der Waals surface area contributed by atoms with Crippen molar-refractivity contribution in [1.29, 1.82) is 0 Å². The number of aliphatic hydroxyl groups is 1. The van der Waals surface area contributed by atoms with Gasteiger partial charge in [0.1, 0.15) is 11.5 Å². The van der Waals surface area contributed by atoms with E-state index in [0.29, 0.717) is 5.96 Å². The number of hydrogen-bond acceptors (Lipinski definition) is 5. The smallest absolute Gasteiger partial charge is 0.191 e. The van der Waals surface area contributed by atoms with Crippen molar-refractivity contribution in [3.8, 4) is 11.5 Å². The van der Waals surface area contributed by atoms with Crippen LogP contribution in [0, 0.1) is 0 Å². The van der Waals surface area contributed by atoms with Crippen LogP contribution in [-0.4, -0.2) is 57.5 Å². The summed E-state index contributed by atoms with van der Waals surface area (Å²) >= 11 is 0. The molecular weight excluding hydrogens is 507 g/mol. The first-order valence-electron chi connectivity index (χ1n) is 10.4. The Labute approximate surface area is 201 Å². The number of hydrogen-bond donors (Lipinski definition) is 3. The fraction of sp³-hybridized carbons (Fsp3) is 0.435. The molecule has 2 aromatic rings. The van der Waals surface area contributed by atoms with E-state index in [2.05, 4.69) is 26.6 Å². The Morgan fingerprint density at radius 1 is 1.19 bits per heavy atom. The van der Waals surface area contributed by atoms with Gasteiger partial charge in [-0.25, -0.2) is 0 Å². The lowest BCUT2D eigenvalue weighted by Gasteiger charge is -2.22. The van der Waals surface area contributed by atoms with Crippen LogP contribution in [0.1, 0.15) is 25.0 Å². The molecule has 1 heterocycles. The van der Waals surface area contributed by atoms with Gasteiger partial charge in [0.25, 0.3) is 0 Å². The number of aliphatic hydroxyl groups excluding tert-OH is 1. The van der Waals surface area contributed by atoms with Gasteiger partial charge in [-0.05, 0) is 43.2 Å². The molecule has 0 amide bonds. The Balaban J connectivity index is 0.00000341. The van der Waals surface area contributed by atoms with Crippen LogP contribution in [0.15, 0.2) is 53.5 Å². The molecule has 8 heteroatoms. The first kappa shape index (κ1) is 25.1. The van der Waals surface area contributed by atoms with Crippen molar-refractivity contribution in [2.24, 2.45) is 4.99 Å². The van der Waals surface area contributed by atoms with E-state index in [1.807, 2.05) is 49.4 Å². The third-order valence-electron chi connectivity index (χ3n) is 5.20. The fourth-order valence-electron chi connectivity index (χ4n) is 3.63. The van der Waals surface area contributed by atoms with Gasteiger partial charge in [-0.2, -0.15) is 0 Å². The van der Waals surface area contributed by atoms with Crippen molar-refractivity contribution in [1.82, 2.24) is 10.6 Å². The standard InChI is InChI=1S/C23H32N4O3.HI/c1-4-24-23(25-15-21(28)17-8-7-9-19(14-17)29-2)26-18-12-13-27(16-18)20-10-5-6-11-22(20)30-3;/h5-11,14,18,21,28H,4,12-13,15-16H2,1-3H3,(H2,24,25,26);1H. The van der Waals surface area contributed by atoms with Crippen molar-refractivity contribution >= 4 is 35.6 Å². The van der Waals surface area contributed by atoms with E-state index in [4.69, 9.17) is 9.47 Å². The highest BCUT2D eigenvalue weighted by Crippen LogP contribution is 2.30. The van der Waals surface area contributed by atoms with Crippen molar-refractivity contribution in [2.45, 2.75) is 25.5 Å². The summed E-state index contributed by atoms with van der Waals surface area (Å²) in [4.78, 5) is 6.93. The molecule has 170 valence electrons. The number of para-hydroxylation sites is 2. The van der Waals surface area contributed by atoms with Crippen molar-refractivity contribution in [2.75, 3.05) is 45.3 Å². The average Bonchev–Trinajstić information content (AvgIpc) is 3.25. The predicted molar refractivity (Wildman–Crippen MR) is 136 cm³/mol.